The van der Waals surface area contributed by atoms with Crippen LogP contribution in [0.25, 0.3) is 0 Å². The third kappa shape index (κ3) is 4.96. The molecule has 2 aromatic rings. The maximum atomic E-state index is 5.47. The molecular formula is C20H26N2OS. The van der Waals surface area contributed by atoms with Crippen molar-refractivity contribution in [3.8, 4) is 5.75 Å². The molecule has 0 heterocycles. The van der Waals surface area contributed by atoms with Crippen LogP contribution in [0.5, 0.6) is 5.75 Å². The van der Waals surface area contributed by atoms with Gasteiger partial charge in [0.2, 0.25) is 0 Å². The second-order valence-corrected chi connectivity index (χ2v) is 6.27. The zero-order chi connectivity index (χ0) is 17.5. The van der Waals surface area contributed by atoms with E-state index in [-0.39, 0.29) is 6.04 Å². The molecule has 1 unspecified atom stereocenters. The monoisotopic (exact) mass is 342 g/mol. The summed E-state index contributed by atoms with van der Waals surface area (Å²) in [7, 11) is 0. The maximum Gasteiger partial charge on any atom is 0.171 e. The molecule has 3 nitrogen and oxygen atoms in total. The molecule has 0 aromatic heterocycles. The molecule has 0 saturated heterocycles. The Balaban J connectivity index is 1.99. The van der Waals surface area contributed by atoms with Crippen LogP contribution >= 0.6 is 12.2 Å². The SMILES string of the molecule is CCOc1ccc(NC(=S)NC(CC)c2ccc(C)c(C)c2)cc1. The highest BCUT2D eigenvalue weighted by atomic mass is 32.1. The summed E-state index contributed by atoms with van der Waals surface area (Å²) >= 11 is 5.47. The zero-order valence-corrected chi connectivity index (χ0v) is 15.7. The number of benzene rings is 2. The first-order valence-corrected chi connectivity index (χ1v) is 8.81. The molecule has 2 rings (SSSR count). The first-order valence-electron chi connectivity index (χ1n) is 8.41. The van der Waals surface area contributed by atoms with Gasteiger partial charge in [-0.2, -0.15) is 0 Å². The molecule has 0 amide bonds. The van der Waals surface area contributed by atoms with Crippen molar-refractivity contribution in [2.45, 2.75) is 40.2 Å². The third-order valence-corrected chi connectivity index (χ3v) is 4.29. The standard InChI is InChI=1S/C20H26N2OS/c1-5-19(16-8-7-14(3)15(4)13-16)22-20(24)21-17-9-11-18(12-10-17)23-6-2/h7-13,19H,5-6H2,1-4H3,(H2,21,22,24). The predicted octanol–water partition coefficient (Wildman–Crippen LogP) is 5.14. The smallest absolute Gasteiger partial charge is 0.171 e. The van der Waals surface area contributed by atoms with Gasteiger partial charge in [0.1, 0.15) is 5.75 Å². The van der Waals surface area contributed by atoms with Crippen molar-refractivity contribution in [1.82, 2.24) is 5.32 Å². The van der Waals surface area contributed by atoms with Gasteiger partial charge < -0.3 is 15.4 Å². The molecule has 0 radical (unpaired) electrons. The molecule has 0 fully saturated rings. The minimum atomic E-state index is 0.201. The highest BCUT2D eigenvalue weighted by Gasteiger charge is 2.11. The van der Waals surface area contributed by atoms with Crippen LogP contribution in [0.3, 0.4) is 0 Å². The summed E-state index contributed by atoms with van der Waals surface area (Å²) in [6, 6.07) is 14.6. The van der Waals surface area contributed by atoms with E-state index in [0.29, 0.717) is 11.7 Å². The Bertz CT molecular complexity index is 683. The van der Waals surface area contributed by atoms with Crippen LogP contribution < -0.4 is 15.4 Å². The summed E-state index contributed by atoms with van der Waals surface area (Å²) < 4.78 is 5.45. The Kier molecular flexibility index (Phi) is 6.62. The molecule has 0 aliphatic rings. The first-order chi connectivity index (χ1) is 11.5. The van der Waals surface area contributed by atoms with Crippen molar-refractivity contribution >= 4 is 23.0 Å². The van der Waals surface area contributed by atoms with Crippen molar-refractivity contribution in [2.75, 3.05) is 11.9 Å². The van der Waals surface area contributed by atoms with Crippen LogP contribution in [0.2, 0.25) is 0 Å². The van der Waals surface area contributed by atoms with Gasteiger partial charge in [0.05, 0.1) is 12.6 Å². The minimum absolute atomic E-state index is 0.201. The fraction of sp³-hybridized carbons (Fsp3) is 0.350. The van der Waals surface area contributed by atoms with E-state index in [0.717, 1.165) is 17.9 Å². The molecule has 2 N–H and O–H groups in total. The van der Waals surface area contributed by atoms with Gasteiger partial charge >= 0.3 is 0 Å². The van der Waals surface area contributed by atoms with Gasteiger partial charge in [-0.05, 0) is 80.4 Å². The van der Waals surface area contributed by atoms with E-state index in [4.69, 9.17) is 17.0 Å². The molecule has 0 spiro atoms. The minimum Gasteiger partial charge on any atom is -0.494 e. The van der Waals surface area contributed by atoms with Gasteiger partial charge in [-0.25, -0.2) is 0 Å². The topological polar surface area (TPSA) is 33.3 Å². The Hall–Kier alpha value is -2.07. The van der Waals surface area contributed by atoms with Crippen LogP contribution in [-0.2, 0) is 0 Å². The highest BCUT2D eigenvalue weighted by Crippen LogP contribution is 2.20. The van der Waals surface area contributed by atoms with E-state index in [1.54, 1.807) is 0 Å². The Morgan fingerprint density at radius 2 is 1.75 bits per heavy atom. The second kappa shape index (κ2) is 8.69. The number of hydrogen-bond acceptors (Lipinski definition) is 2. The predicted molar refractivity (Wildman–Crippen MR) is 106 cm³/mol. The number of aryl methyl sites for hydroxylation is 2. The van der Waals surface area contributed by atoms with Crippen LogP contribution in [0.4, 0.5) is 5.69 Å². The lowest BCUT2D eigenvalue weighted by Gasteiger charge is -2.21. The lowest BCUT2D eigenvalue weighted by molar-refractivity contribution is 0.340. The number of ether oxygens (including phenoxy) is 1. The molecule has 0 aliphatic heterocycles. The Morgan fingerprint density at radius 3 is 2.33 bits per heavy atom. The number of anilines is 1. The van der Waals surface area contributed by atoms with Crippen molar-refractivity contribution in [3.63, 3.8) is 0 Å². The van der Waals surface area contributed by atoms with Crippen molar-refractivity contribution < 1.29 is 4.74 Å². The van der Waals surface area contributed by atoms with Crippen molar-refractivity contribution in [3.05, 3.63) is 59.2 Å². The summed E-state index contributed by atoms with van der Waals surface area (Å²) in [5.41, 5.74) is 4.82. The number of hydrogen-bond donors (Lipinski definition) is 2. The summed E-state index contributed by atoms with van der Waals surface area (Å²) in [6.07, 6.45) is 0.966. The summed E-state index contributed by atoms with van der Waals surface area (Å²) in [4.78, 5) is 0. The quantitative estimate of drug-likeness (QED) is 0.712. The van der Waals surface area contributed by atoms with E-state index in [9.17, 15) is 0 Å². The Morgan fingerprint density at radius 1 is 1.04 bits per heavy atom. The number of rotatable bonds is 6. The highest BCUT2D eigenvalue weighted by molar-refractivity contribution is 7.80. The van der Waals surface area contributed by atoms with Gasteiger partial charge in [-0.15, -0.1) is 0 Å². The van der Waals surface area contributed by atoms with E-state index < -0.39 is 0 Å². The van der Waals surface area contributed by atoms with Gasteiger partial charge in [-0.1, -0.05) is 25.1 Å². The molecule has 0 saturated carbocycles. The molecule has 128 valence electrons. The number of thiocarbonyl (C=S) groups is 1. The molecule has 1 atom stereocenters. The molecule has 0 aliphatic carbocycles. The van der Waals surface area contributed by atoms with Crippen molar-refractivity contribution in [2.24, 2.45) is 0 Å². The van der Waals surface area contributed by atoms with Crippen molar-refractivity contribution in [1.29, 1.82) is 0 Å². The fourth-order valence-electron chi connectivity index (χ4n) is 2.53. The van der Waals surface area contributed by atoms with E-state index in [2.05, 4.69) is 49.6 Å². The second-order valence-electron chi connectivity index (χ2n) is 5.86. The zero-order valence-electron chi connectivity index (χ0n) is 14.8. The molecule has 0 bridgehead atoms. The molecular weight excluding hydrogens is 316 g/mol. The van der Waals surface area contributed by atoms with E-state index >= 15 is 0 Å². The molecule has 24 heavy (non-hydrogen) atoms. The van der Waals surface area contributed by atoms with Crippen LogP contribution in [0.1, 0.15) is 43.0 Å². The summed E-state index contributed by atoms with van der Waals surface area (Å²) in [5.74, 6) is 0.864. The molecule has 4 heteroatoms. The first kappa shape index (κ1) is 18.3. The van der Waals surface area contributed by atoms with Crippen LogP contribution in [-0.4, -0.2) is 11.7 Å². The maximum absolute atomic E-state index is 5.47. The summed E-state index contributed by atoms with van der Waals surface area (Å²) in [6.45, 7) is 9.07. The van der Waals surface area contributed by atoms with Gasteiger partial charge in [0.15, 0.2) is 5.11 Å². The lowest BCUT2D eigenvalue weighted by Crippen LogP contribution is -2.32. The number of nitrogens with one attached hydrogen (secondary N) is 2. The normalized spacial score (nSPS) is 11.7. The average Bonchev–Trinajstić information content (AvgIpc) is 2.57. The Labute approximate surface area is 150 Å². The van der Waals surface area contributed by atoms with Gasteiger partial charge in [0.25, 0.3) is 0 Å². The third-order valence-electron chi connectivity index (χ3n) is 4.07. The van der Waals surface area contributed by atoms with E-state index in [1.807, 2.05) is 31.2 Å². The van der Waals surface area contributed by atoms with Gasteiger partial charge in [-0.3, -0.25) is 0 Å². The van der Waals surface area contributed by atoms with Crippen LogP contribution in [0.15, 0.2) is 42.5 Å². The van der Waals surface area contributed by atoms with Crippen LogP contribution in [0, 0.1) is 13.8 Å². The van der Waals surface area contributed by atoms with Gasteiger partial charge in [0, 0.05) is 5.69 Å². The average molecular weight is 343 g/mol. The summed E-state index contributed by atoms with van der Waals surface area (Å²) in [5, 5.41) is 7.27. The van der Waals surface area contributed by atoms with E-state index in [1.165, 1.54) is 16.7 Å². The molecule has 2 aromatic carbocycles. The lowest BCUT2D eigenvalue weighted by atomic mass is 9.99. The fourth-order valence-corrected chi connectivity index (χ4v) is 2.79. The largest absolute Gasteiger partial charge is 0.494 e.